The second-order valence-electron chi connectivity index (χ2n) is 8.09. The number of aliphatic carboxylic acids is 1. The maximum atomic E-state index is 10.8. The van der Waals surface area contributed by atoms with Crippen molar-refractivity contribution in [3.63, 3.8) is 0 Å². The molecule has 0 radical (unpaired) electrons. The fraction of sp³-hybridized carbons (Fsp3) is 0.172. The molecule has 1 atom stereocenters. The molecular formula is C29H27NO4. The molecule has 0 bridgehead atoms. The molecular weight excluding hydrogens is 426 g/mol. The molecule has 0 aliphatic rings. The van der Waals surface area contributed by atoms with Crippen LogP contribution in [0.4, 0.5) is 0 Å². The molecule has 172 valence electrons. The third kappa shape index (κ3) is 6.69. The molecule has 5 heteroatoms. The lowest BCUT2D eigenvalue weighted by atomic mass is 10.0. The van der Waals surface area contributed by atoms with Gasteiger partial charge < -0.3 is 14.7 Å². The number of oxime groups is 1. The van der Waals surface area contributed by atoms with Crippen LogP contribution in [0.3, 0.4) is 0 Å². The third-order valence-electron chi connectivity index (χ3n) is 5.58. The zero-order chi connectivity index (χ0) is 23.6. The summed E-state index contributed by atoms with van der Waals surface area (Å²) >= 11 is 0. The Bertz CT molecular complexity index is 1250. The first-order valence-corrected chi connectivity index (χ1v) is 11.3. The van der Waals surface area contributed by atoms with Crippen molar-refractivity contribution in [2.75, 3.05) is 0 Å². The summed E-state index contributed by atoms with van der Waals surface area (Å²) in [6.07, 6.45) is 2.87. The Balaban J connectivity index is 1.43. The number of nitrogens with zero attached hydrogens (tertiary/aromatic N) is 1. The van der Waals surface area contributed by atoms with Crippen molar-refractivity contribution in [3.05, 3.63) is 114 Å². The lowest BCUT2D eigenvalue weighted by Gasteiger charge is -2.17. The van der Waals surface area contributed by atoms with Crippen LogP contribution in [0.15, 0.2) is 102 Å². The number of rotatable bonds is 11. The lowest BCUT2D eigenvalue weighted by molar-refractivity contribution is -0.129. The van der Waals surface area contributed by atoms with E-state index in [1.165, 1.54) is 16.3 Å². The number of fused-ring (bicyclic) bond motifs is 1. The molecule has 1 N–H and O–H groups in total. The molecule has 1 unspecified atom stereocenters. The van der Waals surface area contributed by atoms with Crippen LogP contribution in [0.25, 0.3) is 10.8 Å². The highest BCUT2D eigenvalue weighted by molar-refractivity contribution is 6.21. The van der Waals surface area contributed by atoms with E-state index in [-0.39, 0.29) is 6.10 Å². The summed E-state index contributed by atoms with van der Waals surface area (Å²) in [6, 6.07) is 32.5. The molecule has 0 fully saturated rings. The molecule has 0 spiro atoms. The Labute approximate surface area is 199 Å². The first-order chi connectivity index (χ1) is 16.7. The van der Waals surface area contributed by atoms with Gasteiger partial charge >= 0.3 is 5.97 Å². The summed E-state index contributed by atoms with van der Waals surface area (Å²) in [5.41, 5.74) is 3.24. The van der Waals surface area contributed by atoms with Crippen LogP contribution in [0.1, 0.15) is 35.6 Å². The van der Waals surface area contributed by atoms with Crippen LogP contribution in [-0.2, 0) is 22.7 Å². The monoisotopic (exact) mass is 453 g/mol. The first-order valence-electron chi connectivity index (χ1n) is 11.3. The summed E-state index contributed by atoms with van der Waals surface area (Å²) in [6.45, 7) is 0.449. The quantitative estimate of drug-likeness (QED) is 0.206. The highest BCUT2D eigenvalue weighted by Crippen LogP contribution is 2.28. The minimum Gasteiger partial charge on any atom is -0.489 e. The molecule has 0 aliphatic carbocycles. The fourth-order valence-corrected chi connectivity index (χ4v) is 3.87. The minimum absolute atomic E-state index is 0.372. The first kappa shape index (κ1) is 23.1. The lowest BCUT2D eigenvalue weighted by Crippen LogP contribution is -2.05. The highest BCUT2D eigenvalue weighted by atomic mass is 16.6. The van der Waals surface area contributed by atoms with Crippen LogP contribution in [0, 0.1) is 0 Å². The van der Waals surface area contributed by atoms with Gasteiger partial charge in [0.2, 0.25) is 0 Å². The standard InChI is InChI=1S/C29H27NO4/c31-29(32)20-30-34-28(15-6-10-22-8-2-1-3-9-22)26-13-7-14-27(19-26)33-21-23-16-17-24-11-4-5-12-25(24)18-23/h1-5,7-9,11-14,16-20,28H,6,10,15,21H2,(H,31,32). The molecule has 0 saturated carbocycles. The van der Waals surface area contributed by atoms with Gasteiger partial charge in [-0.3, -0.25) is 0 Å². The smallest absolute Gasteiger partial charge is 0.350 e. The molecule has 0 heterocycles. The van der Waals surface area contributed by atoms with E-state index in [2.05, 4.69) is 47.6 Å². The predicted octanol–water partition coefficient (Wildman–Crippen LogP) is 6.57. The summed E-state index contributed by atoms with van der Waals surface area (Å²) in [4.78, 5) is 16.4. The number of benzene rings is 4. The summed E-state index contributed by atoms with van der Waals surface area (Å²) < 4.78 is 6.06. The fourth-order valence-electron chi connectivity index (χ4n) is 3.87. The van der Waals surface area contributed by atoms with Gasteiger partial charge in [0, 0.05) is 0 Å². The van der Waals surface area contributed by atoms with Crippen molar-refractivity contribution < 1.29 is 19.5 Å². The Hall–Kier alpha value is -4.12. The van der Waals surface area contributed by atoms with Crippen molar-refractivity contribution in [1.82, 2.24) is 0 Å². The second-order valence-corrected chi connectivity index (χ2v) is 8.09. The summed E-state index contributed by atoms with van der Waals surface area (Å²) in [5, 5.41) is 14.9. The number of carboxylic acids is 1. The number of carboxylic acid groups (broad SMARTS) is 1. The maximum Gasteiger partial charge on any atom is 0.350 e. The zero-order valence-corrected chi connectivity index (χ0v) is 18.8. The average molecular weight is 454 g/mol. The minimum atomic E-state index is -1.14. The summed E-state index contributed by atoms with van der Waals surface area (Å²) in [7, 11) is 0. The normalized spacial score (nSPS) is 12.0. The molecule has 4 rings (SSSR count). The van der Waals surface area contributed by atoms with Crippen LogP contribution in [0.5, 0.6) is 5.75 Å². The molecule has 0 aromatic heterocycles. The molecule has 34 heavy (non-hydrogen) atoms. The SMILES string of the molecule is O=C(O)C=NOC(CCCc1ccccc1)c1cccc(OCc2ccc3ccccc3c2)c1. The van der Waals surface area contributed by atoms with Gasteiger partial charge in [0.25, 0.3) is 0 Å². The Morgan fingerprint density at radius 3 is 2.47 bits per heavy atom. The predicted molar refractivity (Wildman–Crippen MR) is 134 cm³/mol. The van der Waals surface area contributed by atoms with E-state index in [0.29, 0.717) is 13.0 Å². The number of ether oxygens (including phenoxy) is 1. The van der Waals surface area contributed by atoms with E-state index >= 15 is 0 Å². The Morgan fingerprint density at radius 1 is 0.853 bits per heavy atom. The van der Waals surface area contributed by atoms with Crippen LogP contribution in [-0.4, -0.2) is 17.3 Å². The molecule has 4 aromatic rings. The van der Waals surface area contributed by atoms with E-state index in [4.69, 9.17) is 14.7 Å². The maximum absolute atomic E-state index is 10.8. The molecule has 0 amide bonds. The van der Waals surface area contributed by atoms with Gasteiger partial charge in [-0.05, 0) is 64.9 Å². The highest BCUT2D eigenvalue weighted by Gasteiger charge is 2.14. The van der Waals surface area contributed by atoms with E-state index < -0.39 is 5.97 Å². The molecule has 4 aromatic carbocycles. The van der Waals surface area contributed by atoms with E-state index in [0.717, 1.165) is 35.9 Å². The Kier molecular flexibility index (Phi) is 7.90. The Morgan fingerprint density at radius 2 is 1.65 bits per heavy atom. The van der Waals surface area contributed by atoms with Crippen LogP contribution >= 0.6 is 0 Å². The third-order valence-corrected chi connectivity index (χ3v) is 5.58. The van der Waals surface area contributed by atoms with Crippen molar-refractivity contribution in [3.8, 4) is 5.75 Å². The van der Waals surface area contributed by atoms with Gasteiger partial charge in [0.05, 0.1) is 0 Å². The van der Waals surface area contributed by atoms with Gasteiger partial charge in [0.15, 0.2) is 12.3 Å². The average Bonchev–Trinajstić information content (AvgIpc) is 2.87. The number of carbonyl (C=O) groups is 1. The second kappa shape index (κ2) is 11.7. The van der Waals surface area contributed by atoms with Gasteiger partial charge in [-0.25, -0.2) is 4.79 Å². The van der Waals surface area contributed by atoms with E-state index in [1.807, 2.05) is 54.6 Å². The van der Waals surface area contributed by atoms with Gasteiger partial charge in [-0.15, -0.1) is 0 Å². The molecule has 0 saturated heterocycles. The van der Waals surface area contributed by atoms with E-state index in [9.17, 15) is 4.79 Å². The van der Waals surface area contributed by atoms with Gasteiger partial charge in [-0.2, -0.15) is 0 Å². The van der Waals surface area contributed by atoms with Gasteiger partial charge in [-0.1, -0.05) is 84.0 Å². The van der Waals surface area contributed by atoms with Crippen LogP contribution in [0.2, 0.25) is 0 Å². The van der Waals surface area contributed by atoms with Crippen molar-refractivity contribution in [2.24, 2.45) is 5.16 Å². The number of hydrogen-bond donors (Lipinski definition) is 1. The molecule has 5 nitrogen and oxygen atoms in total. The summed E-state index contributed by atoms with van der Waals surface area (Å²) in [5.74, 6) is -0.417. The van der Waals surface area contributed by atoms with E-state index in [1.54, 1.807) is 0 Å². The van der Waals surface area contributed by atoms with Crippen molar-refractivity contribution in [2.45, 2.75) is 32.0 Å². The van der Waals surface area contributed by atoms with Crippen LogP contribution < -0.4 is 4.74 Å². The van der Waals surface area contributed by atoms with Gasteiger partial charge in [0.1, 0.15) is 12.4 Å². The molecule has 0 aliphatic heterocycles. The number of hydrogen-bond acceptors (Lipinski definition) is 4. The van der Waals surface area contributed by atoms with Crippen molar-refractivity contribution >= 4 is 23.0 Å². The topological polar surface area (TPSA) is 68.1 Å². The van der Waals surface area contributed by atoms with Crippen molar-refractivity contribution in [1.29, 1.82) is 0 Å². The largest absolute Gasteiger partial charge is 0.489 e. The zero-order valence-electron chi connectivity index (χ0n) is 18.8. The number of aryl methyl sites for hydroxylation is 1.